The van der Waals surface area contributed by atoms with Crippen LogP contribution < -0.4 is 10.7 Å². The Morgan fingerprint density at radius 1 is 1.11 bits per heavy atom. The number of hydrazone groups is 1. The molecule has 0 aliphatic heterocycles. The van der Waals surface area contributed by atoms with Crippen molar-refractivity contribution in [3.63, 3.8) is 0 Å². The minimum absolute atomic E-state index is 0.551. The standard InChI is InChI=1S/C14H27N3S/c1-3-8-13(9-4-2)16-17-14(18)15-12-10-6-5-7-11-12/h12H,3-11H2,1-2H3,(H2,15,17,18). The van der Waals surface area contributed by atoms with Crippen LogP contribution in [0, 0.1) is 0 Å². The Bertz CT molecular complexity index is 262. The second kappa shape index (κ2) is 9.31. The van der Waals surface area contributed by atoms with Crippen molar-refractivity contribution in [3.05, 3.63) is 0 Å². The molecule has 0 aromatic rings. The first-order chi connectivity index (χ1) is 8.76. The molecule has 18 heavy (non-hydrogen) atoms. The molecule has 0 aromatic carbocycles. The quantitative estimate of drug-likeness (QED) is 0.438. The molecule has 0 aromatic heterocycles. The summed E-state index contributed by atoms with van der Waals surface area (Å²) in [6.07, 6.45) is 10.9. The zero-order chi connectivity index (χ0) is 13.2. The van der Waals surface area contributed by atoms with E-state index in [1.807, 2.05) is 0 Å². The highest BCUT2D eigenvalue weighted by molar-refractivity contribution is 7.80. The van der Waals surface area contributed by atoms with Crippen molar-refractivity contribution in [1.29, 1.82) is 0 Å². The van der Waals surface area contributed by atoms with Crippen LogP contribution in [0.15, 0.2) is 5.10 Å². The van der Waals surface area contributed by atoms with Gasteiger partial charge in [-0.1, -0.05) is 46.0 Å². The summed E-state index contributed by atoms with van der Waals surface area (Å²) in [7, 11) is 0. The van der Waals surface area contributed by atoms with Crippen LogP contribution in [0.1, 0.15) is 71.6 Å². The molecule has 0 amide bonds. The van der Waals surface area contributed by atoms with Crippen molar-refractivity contribution in [2.75, 3.05) is 0 Å². The minimum atomic E-state index is 0.551. The first-order valence-electron chi connectivity index (χ1n) is 7.38. The van der Waals surface area contributed by atoms with Gasteiger partial charge in [-0.3, -0.25) is 5.43 Å². The van der Waals surface area contributed by atoms with Crippen molar-refractivity contribution < 1.29 is 0 Å². The molecule has 0 atom stereocenters. The molecular formula is C14H27N3S. The molecule has 0 heterocycles. The molecule has 0 bridgehead atoms. The summed E-state index contributed by atoms with van der Waals surface area (Å²) in [6, 6.07) is 0.551. The SMILES string of the molecule is CCCC(CCC)=NNC(=S)NC1CCCCC1. The van der Waals surface area contributed by atoms with Gasteiger partial charge in [-0.25, -0.2) is 0 Å². The molecule has 0 saturated heterocycles. The predicted octanol–water partition coefficient (Wildman–Crippen LogP) is 3.74. The summed E-state index contributed by atoms with van der Waals surface area (Å²) in [6.45, 7) is 4.37. The Kier molecular flexibility index (Phi) is 7.98. The van der Waals surface area contributed by atoms with E-state index in [2.05, 4.69) is 29.7 Å². The lowest BCUT2D eigenvalue weighted by Crippen LogP contribution is -2.41. The average Bonchev–Trinajstić information content (AvgIpc) is 2.38. The van der Waals surface area contributed by atoms with Crippen LogP contribution in [-0.4, -0.2) is 16.9 Å². The van der Waals surface area contributed by atoms with Crippen molar-refractivity contribution in [1.82, 2.24) is 10.7 Å². The molecule has 1 rings (SSSR count). The molecule has 1 fully saturated rings. The Morgan fingerprint density at radius 2 is 1.72 bits per heavy atom. The van der Waals surface area contributed by atoms with Gasteiger partial charge < -0.3 is 5.32 Å². The van der Waals surface area contributed by atoms with Gasteiger partial charge in [0, 0.05) is 11.8 Å². The van der Waals surface area contributed by atoms with Gasteiger partial charge in [0.25, 0.3) is 0 Å². The molecule has 0 spiro atoms. The lowest BCUT2D eigenvalue weighted by Gasteiger charge is -2.23. The van der Waals surface area contributed by atoms with Crippen LogP contribution in [0.25, 0.3) is 0 Å². The third-order valence-electron chi connectivity index (χ3n) is 3.33. The van der Waals surface area contributed by atoms with E-state index in [1.54, 1.807) is 0 Å². The largest absolute Gasteiger partial charge is 0.359 e. The van der Waals surface area contributed by atoms with E-state index >= 15 is 0 Å². The number of hydrogen-bond acceptors (Lipinski definition) is 2. The Hall–Kier alpha value is -0.640. The summed E-state index contributed by atoms with van der Waals surface area (Å²) in [4.78, 5) is 0. The summed E-state index contributed by atoms with van der Waals surface area (Å²) >= 11 is 5.29. The fourth-order valence-electron chi connectivity index (χ4n) is 2.41. The van der Waals surface area contributed by atoms with Gasteiger partial charge in [-0.15, -0.1) is 0 Å². The van der Waals surface area contributed by atoms with E-state index in [4.69, 9.17) is 12.2 Å². The molecular weight excluding hydrogens is 242 g/mol. The van der Waals surface area contributed by atoms with E-state index in [0.29, 0.717) is 11.2 Å². The van der Waals surface area contributed by atoms with Gasteiger partial charge >= 0.3 is 0 Å². The lowest BCUT2D eigenvalue weighted by atomic mass is 9.96. The highest BCUT2D eigenvalue weighted by Gasteiger charge is 2.13. The van der Waals surface area contributed by atoms with Gasteiger partial charge in [0.1, 0.15) is 0 Å². The fraction of sp³-hybridized carbons (Fsp3) is 0.857. The number of nitrogens with zero attached hydrogens (tertiary/aromatic N) is 1. The second-order valence-electron chi connectivity index (χ2n) is 5.10. The normalized spacial score (nSPS) is 16.1. The molecule has 1 aliphatic rings. The van der Waals surface area contributed by atoms with Crippen molar-refractivity contribution in [3.8, 4) is 0 Å². The first kappa shape index (κ1) is 15.4. The third kappa shape index (κ3) is 6.34. The smallest absolute Gasteiger partial charge is 0.187 e. The van der Waals surface area contributed by atoms with Gasteiger partial charge in [-0.2, -0.15) is 5.10 Å². The van der Waals surface area contributed by atoms with Crippen LogP contribution in [0.4, 0.5) is 0 Å². The number of nitrogens with one attached hydrogen (secondary N) is 2. The van der Waals surface area contributed by atoms with E-state index in [-0.39, 0.29) is 0 Å². The summed E-state index contributed by atoms with van der Waals surface area (Å²) < 4.78 is 0. The van der Waals surface area contributed by atoms with Crippen molar-refractivity contribution in [2.45, 2.75) is 77.7 Å². The van der Waals surface area contributed by atoms with E-state index < -0.39 is 0 Å². The molecule has 1 saturated carbocycles. The maximum atomic E-state index is 5.29. The fourth-order valence-corrected chi connectivity index (χ4v) is 2.62. The van der Waals surface area contributed by atoms with E-state index in [9.17, 15) is 0 Å². The van der Waals surface area contributed by atoms with E-state index in [1.165, 1.54) is 37.8 Å². The van der Waals surface area contributed by atoms with Gasteiger partial charge in [-0.05, 0) is 37.9 Å². The summed E-state index contributed by atoms with van der Waals surface area (Å²) in [5, 5.41) is 8.49. The van der Waals surface area contributed by atoms with E-state index in [0.717, 1.165) is 25.7 Å². The highest BCUT2D eigenvalue weighted by Crippen LogP contribution is 2.17. The minimum Gasteiger partial charge on any atom is -0.359 e. The summed E-state index contributed by atoms with van der Waals surface area (Å²) in [5.74, 6) is 0. The zero-order valence-corrected chi connectivity index (χ0v) is 12.6. The molecule has 0 radical (unpaired) electrons. The highest BCUT2D eigenvalue weighted by atomic mass is 32.1. The van der Waals surface area contributed by atoms with Gasteiger partial charge in [0.05, 0.1) is 0 Å². The zero-order valence-electron chi connectivity index (χ0n) is 11.8. The Morgan fingerprint density at radius 3 is 2.28 bits per heavy atom. The Labute approximate surface area is 117 Å². The van der Waals surface area contributed by atoms with Crippen molar-refractivity contribution >= 4 is 23.0 Å². The molecule has 2 N–H and O–H groups in total. The van der Waals surface area contributed by atoms with Gasteiger partial charge in [0.15, 0.2) is 5.11 Å². The van der Waals surface area contributed by atoms with Crippen LogP contribution >= 0.6 is 12.2 Å². The third-order valence-corrected chi connectivity index (χ3v) is 3.54. The maximum Gasteiger partial charge on any atom is 0.187 e. The molecule has 4 heteroatoms. The average molecular weight is 269 g/mol. The van der Waals surface area contributed by atoms with Crippen molar-refractivity contribution in [2.24, 2.45) is 5.10 Å². The Balaban J connectivity index is 2.30. The van der Waals surface area contributed by atoms with Crippen LogP contribution in [-0.2, 0) is 0 Å². The predicted molar refractivity (Wildman–Crippen MR) is 83.0 cm³/mol. The lowest BCUT2D eigenvalue weighted by molar-refractivity contribution is 0.412. The number of hydrogen-bond donors (Lipinski definition) is 2. The monoisotopic (exact) mass is 269 g/mol. The molecule has 3 nitrogen and oxygen atoms in total. The van der Waals surface area contributed by atoms with Crippen LogP contribution in [0.2, 0.25) is 0 Å². The number of rotatable bonds is 6. The van der Waals surface area contributed by atoms with Crippen LogP contribution in [0.3, 0.4) is 0 Å². The van der Waals surface area contributed by atoms with Gasteiger partial charge in [0.2, 0.25) is 0 Å². The maximum absolute atomic E-state index is 5.29. The topological polar surface area (TPSA) is 36.4 Å². The summed E-state index contributed by atoms with van der Waals surface area (Å²) in [5.41, 5.74) is 4.24. The molecule has 104 valence electrons. The van der Waals surface area contributed by atoms with Crippen LogP contribution in [0.5, 0.6) is 0 Å². The second-order valence-corrected chi connectivity index (χ2v) is 5.51. The number of thiocarbonyl (C=S) groups is 1. The molecule has 0 unspecified atom stereocenters. The molecule has 1 aliphatic carbocycles. The first-order valence-corrected chi connectivity index (χ1v) is 7.79.